The summed E-state index contributed by atoms with van der Waals surface area (Å²) in [6.45, 7) is -0.306. The SMILES string of the molecule is O=C(CN(Cc1ccccc1)S(=O)(=O)c1cc(Cl)ccc1Cl)N[C@H]1CCCc2ccccc21. The quantitative estimate of drug-likeness (QED) is 0.471. The van der Waals surface area contributed by atoms with Gasteiger partial charge in [-0.05, 0) is 54.2 Å². The van der Waals surface area contributed by atoms with Gasteiger partial charge < -0.3 is 5.32 Å². The van der Waals surface area contributed by atoms with Crippen LogP contribution < -0.4 is 5.32 Å². The number of nitrogens with one attached hydrogen (secondary N) is 1. The molecule has 0 fully saturated rings. The lowest BCUT2D eigenvalue weighted by Crippen LogP contribution is -2.42. The largest absolute Gasteiger partial charge is 0.348 e. The predicted octanol–water partition coefficient (Wildman–Crippen LogP) is 5.38. The molecule has 1 atom stereocenters. The number of amides is 1. The highest BCUT2D eigenvalue weighted by Crippen LogP contribution is 2.31. The third-order valence-corrected chi connectivity index (χ3v) is 8.25. The highest BCUT2D eigenvalue weighted by molar-refractivity contribution is 7.89. The van der Waals surface area contributed by atoms with E-state index in [-0.39, 0.29) is 40.0 Å². The van der Waals surface area contributed by atoms with E-state index in [1.54, 1.807) is 0 Å². The van der Waals surface area contributed by atoms with E-state index in [4.69, 9.17) is 23.2 Å². The number of carbonyl (C=O) groups is 1. The molecule has 1 N–H and O–H groups in total. The maximum Gasteiger partial charge on any atom is 0.245 e. The van der Waals surface area contributed by atoms with Gasteiger partial charge in [0.1, 0.15) is 4.90 Å². The second-order valence-electron chi connectivity index (χ2n) is 8.04. The number of fused-ring (bicyclic) bond motifs is 1. The highest BCUT2D eigenvalue weighted by Gasteiger charge is 2.30. The van der Waals surface area contributed by atoms with Crippen LogP contribution in [0, 0.1) is 0 Å². The number of hydrogen-bond acceptors (Lipinski definition) is 3. The van der Waals surface area contributed by atoms with E-state index < -0.39 is 10.0 Å². The first-order valence-electron chi connectivity index (χ1n) is 10.7. The Hall–Kier alpha value is -2.38. The lowest BCUT2D eigenvalue weighted by Gasteiger charge is -2.28. The van der Waals surface area contributed by atoms with Gasteiger partial charge in [0, 0.05) is 11.6 Å². The zero-order valence-corrected chi connectivity index (χ0v) is 20.2. The number of hydrogen-bond donors (Lipinski definition) is 1. The molecule has 1 amide bonds. The summed E-state index contributed by atoms with van der Waals surface area (Å²) in [7, 11) is -4.09. The molecular weight excluding hydrogens is 479 g/mol. The Morgan fingerprint density at radius 3 is 2.52 bits per heavy atom. The maximum absolute atomic E-state index is 13.5. The van der Waals surface area contributed by atoms with Gasteiger partial charge in [-0.15, -0.1) is 0 Å². The van der Waals surface area contributed by atoms with Crippen LogP contribution in [0.2, 0.25) is 10.0 Å². The Bertz CT molecular complexity index is 1250. The normalized spacial score (nSPS) is 15.8. The van der Waals surface area contributed by atoms with Crippen molar-refractivity contribution < 1.29 is 13.2 Å². The maximum atomic E-state index is 13.5. The number of halogens is 2. The first-order chi connectivity index (χ1) is 15.8. The summed E-state index contributed by atoms with van der Waals surface area (Å²) >= 11 is 12.3. The van der Waals surface area contributed by atoms with Crippen molar-refractivity contribution in [1.29, 1.82) is 0 Å². The molecule has 0 saturated heterocycles. The third-order valence-electron chi connectivity index (χ3n) is 5.74. The van der Waals surface area contributed by atoms with Crippen molar-refractivity contribution in [3.8, 4) is 0 Å². The van der Waals surface area contributed by atoms with Crippen LogP contribution in [-0.2, 0) is 27.8 Å². The fourth-order valence-electron chi connectivity index (χ4n) is 4.13. The molecule has 1 aliphatic rings. The Labute approximate surface area is 204 Å². The van der Waals surface area contributed by atoms with Gasteiger partial charge in [0.2, 0.25) is 15.9 Å². The molecule has 0 aromatic heterocycles. The Morgan fingerprint density at radius 1 is 1.00 bits per heavy atom. The average molecular weight is 503 g/mol. The summed E-state index contributed by atoms with van der Waals surface area (Å²) in [6, 6.07) is 21.3. The van der Waals surface area contributed by atoms with Gasteiger partial charge in [-0.25, -0.2) is 8.42 Å². The first-order valence-corrected chi connectivity index (χ1v) is 12.9. The van der Waals surface area contributed by atoms with Gasteiger partial charge >= 0.3 is 0 Å². The molecule has 0 unspecified atom stereocenters. The average Bonchev–Trinajstić information content (AvgIpc) is 2.81. The molecule has 5 nitrogen and oxygen atoms in total. The zero-order valence-electron chi connectivity index (χ0n) is 17.9. The van der Waals surface area contributed by atoms with E-state index in [2.05, 4.69) is 11.4 Å². The number of sulfonamides is 1. The molecule has 0 bridgehead atoms. The molecule has 172 valence electrons. The second-order valence-corrected chi connectivity index (χ2v) is 10.8. The molecule has 1 aliphatic carbocycles. The van der Waals surface area contributed by atoms with E-state index in [0.29, 0.717) is 0 Å². The van der Waals surface area contributed by atoms with Gasteiger partial charge in [-0.3, -0.25) is 4.79 Å². The Kier molecular flexibility index (Phi) is 7.39. The van der Waals surface area contributed by atoms with Crippen LogP contribution in [0.25, 0.3) is 0 Å². The Morgan fingerprint density at radius 2 is 1.73 bits per heavy atom. The van der Waals surface area contributed by atoms with Gasteiger partial charge in [0.15, 0.2) is 0 Å². The summed E-state index contributed by atoms with van der Waals surface area (Å²) in [5.74, 6) is -0.366. The Balaban J connectivity index is 1.60. The number of nitrogens with zero attached hydrogens (tertiary/aromatic N) is 1. The van der Waals surface area contributed by atoms with Gasteiger partial charge in [-0.2, -0.15) is 4.31 Å². The van der Waals surface area contributed by atoms with Crippen LogP contribution in [0.15, 0.2) is 77.7 Å². The van der Waals surface area contributed by atoms with Crippen LogP contribution in [-0.4, -0.2) is 25.2 Å². The van der Waals surface area contributed by atoms with Gasteiger partial charge in [0.05, 0.1) is 17.6 Å². The molecule has 33 heavy (non-hydrogen) atoms. The van der Waals surface area contributed by atoms with E-state index in [1.807, 2.05) is 48.5 Å². The molecular formula is C25H24Cl2N2O3S. The van der Waals surface area contributed by atoms with Gasteiger partial charge in [0.25, 0.3) is 0 Å². The van der Waals surface area contributed by atoms with Crippen LogP contribution in [0.4, 0.5) is 0 Å². The molecule has 0 radical (unpaired) electrons. The summed E-state index contributed by atoms with van der Waals surface area (Å²) in [5, 5.41) is 3.34. The minimum atomic E-state index is -4.09. The van der Waals surface area contributed by atoms with Crippen molar-refractivity contribution in [2.24, 2.45) is 0 Å². The van der Waals surface area contributed by atoms with E-state index >= 15 is 0 Å². The topological polar surface area (TPSA) is 66.5 Å². The molecule has 4 rings (SSSR count). The fourth-order valence-corrected chi connectivity index (χ4v) is 6.25. The summed E-state index contributed by atoms with van der Waals surface area (Å²) in [6.07, 6.45) is 2.75. The molecule has 0 saturated carbocycles. The second kappa shape index (κ2) is 10.3. The van der Waals surface area contributed by atoms with Crippen LogP contribution in [0.3, 0.4) is 0 Å². The van der Waals surface area contributed by atoms with Crippen molar-refractivity contribution in [1.82, 2.24) is 9.62 Å². The lowest BCUT2D eigenvalue weighted by molar-refractivity contribution is -0.122. The molecule has 0 aliphatic heterocycles. The first kappa shape index (κ1) is 23.8. The number of rotatable bonds is 7. The molecule has 3 aromatic rings. The summed E-state index contributed by atoms with van der Waals surface area (Å²) in [4.78, 5) is 13.0. The van der Waals surface area contributed by atoms with Crippen molar-refractivity contribution in [3.63, 3.8) is 0 Å². The van der Waals surface area contributed by atoms with Crippen molar-refractivity contribution >= 4 is 39.1 Å². The smallest absolute Gasteiger partial charge is 0.245 e. The third kappa shape index (κ3) is 5.58. The number of benzene rings is 3. The van der Waals surface area contributed by atoms with Crippen molar-refractivity contribution in [2.75, 3.05) is 6.54 Å². The van der Waals surface area contributed by atoms with Gasteiger partial charge in [-0.1, -0.05) is 77.8 Å². The lowest BCUT2D eigenvalue weighted by atomic mass is 9.88. The monoisotopic (exact) mass is 502 g/mol. The fraction of sp³-hybridized carbons (Fsp3) is 0.240. The number of aryl methyl sites for hydroxylation is 1. The van der Waals surface area contributed by atoms with E-state index in [0.717, 1.165) is 34.7 Å². The number of carbonyl (C=O) groups excluding carboxylic acids is 1. The molecule has 8 heteroatoms. The van der Waals surface area contributed by atoms with Crippen LogP contribution in [0.5, 0.6) is 0 Å². The summed E-state index contributed by atoms with van der Waals surface area (Å²) in [5.41, 5.74) is 3.07. The molecule has 3 aromatic carbocycles. The van der Waals surface area contributed by atoms with E-state index in [9.17, 15) is 13.2 Å². The van der Waals surface area contributed by atoms with Crippen LogP contribution >= 0.6 is 23.2 Å². The van der Waals surface area contributed by atoms with E-state index in [1.165, 1.54) is 23.8 Å². The molecule has 0 spiro atoms. The van der Waals surface area contributed by atoms with Crippen molar-refractivity contribution in [3.05, 3.63) is 99.5 Å². The minimum Gasteiger partial charge on any atom is -0.348 e. The van der Waals surface area contributed by atoms with Crippen LogP contribution in [0.1, 0.15) is 35.6 Å². The zero-order chi connectivity index (χ0) is 23.4. The molecule has 0 heterocycles. The highest BCUT2D eigenvalue weighted by atomic mass is 35.5. The summed E-state index contributed by atoms with van der Waals surface area (Å²) < 4.78 is 28.2. The standard InChI is InChI=1S/C25H24Cl2N2O3S/c26-20-13-14-22(27)24(15-20)33(31,32)29(16-18-7-2-1-3-8-18)17-25(30)28-23-12-6-10-19-9-4-5-11-21(19)23/h1-5,7-9,11,13-15,23H,6,10,12,16-17H2,(H,28,30)/t23-/m0/s1. The predicted molar refractivity (Wildman–Crippen MR) is 131 cm³/mol. The van der Waals surface area contributed by atoms with Crippen molar-refractivity contribution in [2.45, 2.75) is 36.7 Å². The minimum absolute atomic E-state index is 0.0285.